The lowest BCUT2D eigenvalue weighted by Crippen LogP contribution is -2.30. The Bertz CT molecular complexity index is 5900. The molecule has 0 aliphatic carbocycles. The smallest absolute Gasteiger partial charge is 0.201 e. The molecule has 15 aromatic rings. The highest BCUT2D eigenvalue weighted by Gasteiger charge is 2.21. The van der Waals surface area contributed by atoms with E-state index in [1.54, 1.807) is 0 Å². The molecule has 10 aromatic carbocycles. The lowest BCUT2D eigenvalue weighted by atomic mass is 9.91. The third-order valence-electron chi connectivity index (χ3n) is 22.1. The molecule has 0 N–H and O–H groups in total. The van der Waals surface area contributed by atoms with Crippen LogP contribution in [-0.2, 0) is 54.5 Å². The average molecular weight is 1520 g/mol. The van der Waals surface area contributed by atoms with Gasteiger partial charge >= 0.3 is 0 Å². The van der Waals surface area contributed by atoms with Crippen molar-refractivity contribution in [3.8, 4) is 112 Å². The zero-order chi connectivity index (χ0) is 84.5. The fourth-order valence-electron chi connectivity index (χ4n) is 15.1. The maximum Gasteiger partial charge on any atom is 0.213 e. The van der Waals surface area contributed by atoms with E-state index in [0.29, 0.717) is 11.8 Å². The number of hydrogen-bond acceptors (Lipinski definition) is 0. The molecule has 0 unspecified atom stereocenters. The molecule has 0 saturated carbocycles. The third kappa shape index (κ3) is 21.4. The predicted octanol–water partition coefficient (Wildman–Crippen LogP) is 25.6. The first-order valence-corrected chi connectivity index (χ1v) is 40.8. The van der Waals surface area contributed by atoms with Crippen LogP contribution in [0, 0.1) is 55.4 Å². The normalized spacial score (nSPS) is 11.4. The molecule has 115 heavy (non-hydrogen) atoms. The Balaban J connectivity index is 0.000000145. The topological polar surface area (TPSA) is 19.4 Å². The molecule has 5 heterocycles. The van der Waals surface area contributed by atoms with Gasteiger partial charge in [0.25, 0.3) is 0 Å². The van der Waals surface area contributed by atoms with Gasteiger partial charge in [-0.3, -0.25) is 0 Å². The maximum absolute atomic E-state index is 7.38. The van der Waals surface area contributed by atoms with Gasteiger partial charge in [-0.25, -0.2) is 22.8 Å². The summed E-state index contributed by atoms with van der Waals surface area (Å²) in [5.74, 6) is 1.07. The molecule has 0 bridgehead atoms. The molecule has 15 rings (SSSR count). The van der Waals surface area contributed by atoms with E-state index in [1.807, 2.05) is 37.4 Å². The van der Waals surface area contributed by atoms with Crippen molar-refractivity contribution in [1.29, 1.82) is 0 Å². The molecule has 0 saturated heterocycles. The van der Waals surface area contributed by atoms with Crippen LogP contribution in [0.15, 0.2) is 316 Å². The number of benzene rings is 10. The summed E-state index contributed by atoms with van der Waals surface area (Å²) < 4.78 is 33.2. The highest BCUT2D eigenvalue weighted by molar-refractivity contribution is 5.74. The van der Waals surface area contributed by atoms with Crippen molar-refractivity contribution in [3.05, 3.63) is 388 Å². The van der Waals surface area contributed by atoms with Gasteiger partial charge in [0.1, 0.15) is 35.2 Å². The first-order valence-electron chi connectivity index (χ1n) is 42.3. The van der Waals surface area contributed by atoms with E-state index in [4.69, 9.17) is 4.11 Å². The molecule has 5 aromatic heterocycles. The van der Waals surface area contributed by atoms with Gasteiger partial charge < -0.3 is 0 Å². The van der Waals surface area contributed by atoms with Crippen molar-refractivity contribution in [1.82, 2.24) is 0 Å². The van der Waals surface area contributed by atoms with Crippen LogP contribution in [0.25, 0.3) is 112 Å². The molecule has 0 atom stereocenters. The SMILES string of the molecule is CCc1cc(CC)cc(-c2ccc(-c3ccccc3C)[n+](C)c2)c1.Cc1cc(C)cc(-c2ccc(-c3ccccc3C)[n+](C)c2)c1.Cc1ccc(-c2cc[n+](C)c(-c3ccccc3C)c2)cc1.Cc1ccccc1-c1ccc(-c2cc(C(C)C)cc(C(C)C)c2)c[n+]1C.[2H]C([2H])([2H])Cc1ccc(-c2cc[n+](C)c(-c3ccccc3C)c2)cc1. The van der Waals surface area contributed by atoms with E-state index in [2.05, 4.69) is 434 Å². The quantitative estimate of drug-likeness (QED) is 0.0912. The second-order valence-electron chi connectivity index (χ2n) is 31.7. The van der Waals surface area contributed by atoms with Gasteiger partial charge in [-0.1, -0.05) is 259 Å². The summed E-state index contributed by atoms with van der Waals surface area (Å²) >= 11 is 0. The number of rotatable bonds is 15. The minimum atomic E-state index is -1.93. The molecule has 5 nitrogen and oxygen atoms in total. The van der Waals surface area contributed by atoms with Gasteiger partial charge in [-0.2, -0.15) is 0 Å². The van der Waals surface area contributed by atoms with Crippen molar-refractivity contribution >= 4 is 0 Å². The Morgan fingerprint density at radius 1 is 0.243 bits per heavy atom. The summed E-state index contributed by atoms with van der Waals surface area (Å²) in [5, 5.41) is 0. The van der Waals surface area contributed by atoms with Crippen molar-refractivity contribution in [3.63, 3.8) is 0 Å². The Kier molecular flexibility index (Phi) is 27.1. The monoisotopic (exact) mass is 1510 g/mol. The van der Waals surface area contributed by atoms with E-state index in [-0.39, 0.29) is 6.42 Å². The van der Waals surface area contributed by atoms with E-state index < -0.39 is 6.85 Å². The van der Waals surface area contributed by atoms with Crippen molar-refractivity contribution < 1.29 is 26.9 Å². The van der Waals surface area contributed by atoms with Gasteiger partial charge in [0, 0.05) is 91.1 Å². The number of nitrogens with zero attached hydrogens (tertiary/aromatic N) is 5. The third-order valence-corrected chi connectivity index (χ3v) is 22.1. The molecule has 0 radical (unpaired) electrons. The average Bonchev–Trinajstić information content (AvgIpc) is 0.804. The van der Waals surface area contributed by atoms with Crippen LogP contribution < -0.4 is 22.8 Å². The van der Waals surface area contributed by atoms with Crippen molar-refractivity contribution in [2.24, 2.45) is 35.2 Å². The summed E-state index contributed by atoms with van der Waals surface area (Å²) in [6, 6.07) is 102. The zero-order valence-electron chi connectivity index (χ0n) is 74.5. The highest BCUT2D eigenvalue weighted by Crippen LogP contribution is 2.34. The van der Waals surface area contributed by atoms with Gasteiger partial charge in [0.15, 0.2) is 31.0 Å². The fourth-order valence-corrected chi connectivity index (χ4v) is 15.1. The Labute approximate surface area is 693 Å². The minimum Gasteiger partial charge on any atom is -0.201 e. The molecule has 5 heteroatoms. The van der Waals surface area contributed by atoms with E-state index in [0.717, 1.165) is 35.2 Å². The van der Waals surface area contributed by atoms with Crippen LogP contribution >= 0.6 is 0 Å². The number of hydrogen-bond donors (Lipinski definition) is 0. The number of aryl methyl sites for hydroxylation is 16. The van der Waals surface area contributed by atoms with Crippen LogP contribution in [-0.4, -0.2) is 0 Å². The molecule has 0 fully saturated rings. The lowest BCUT2D eigenvalue weighted by Gasteiger charge is -2.14. The van der Waals surface area contributed by atoms with Gasteiger partial charge in [-0.05, 0) is 230 Å². The van der Waals surface area contributed by atoms with Crippen molar-refractivity contribution in [2.45, 2.75) is 135 Å². The second-order valence-corrected chi connectivity index (χ2v) is 31.7. The predicted molar refractivity (Wildman–Crippen MR) is 487 cm³/mol. The molecule has 0 aliphatic rings. The Hall–Kier alpha value is -12.1. The summed E-state index contributed by atoms with van der Waals surface area (Å²) in [4.78, 5) is 0. The van der Waals surface area contributed by atoms with Crippen LogP contribution in [0.2, 0.25) is 0 Å². The fraction of sp³-hybridized carbons (Fsp3) is 0.227. The first kappa shape index (κ1) is 79.6. The van der Waals surface area contributed by atoms with Gasteiger partial charge in [0.05, 0.1) is 0 Å². The van der Waals surface area contributed by atoms with Crippen molar-refractivity contribution in [2.75, 3.05) is 0 Å². The van der Waals surface area contributed by atoms with Crippen LogP contribution in [0.3, 0.4) is 0 Å². The molecular formula is C110H120N5+5. The summed E-state index contributed by atoms with van der Waals surface area (Å²) in [6.07, 6.45) is 13.2. The van der Waals surface area contributed by atoms with Crippen LogP contribution in [0.4, 0.5) is 0 Å². The second kappa shape index (κ2) is 39.1. The number of aromatic nitrogens is 5. The highest BCUT2D eigenvalue weighted by atomic mass is 14.9. The molecular weight excluding hydrogens is 1390 g/mol. The largest absolute Gasteiger partial charge is 0.213 e. The number of pyridine rings is 5. The lowest BCUT2D eigenvalue weighted by molar-refractivity contribution is -0.660. The first-order chi connectivity index (χ1) is 56.5. The molecule has 0 spiro atoms. The molecule has 0 amide bonds. The van der Waals surface area contributed by atoms with Gasteiger partial charge in [-0.15, -0.1) is 0 Å². The standard InChI is InChI=1S/C25H30N.C23H26N.2C21H22N.C20H20N/c1-17(2)21-13-22(18(3)4)15-23(14-21)20-11-12-25(26(6)16-20)24-10-8-7-9-19(24)5;1-5-18-13-19(6-2)15-21(14-18)20-11-12-23(24(4)16-20)22-10-8-7-9-17(22)3;1-15-11-16(2)13-19(12-15)18-9-10-21(22(4)14-18)20-8-6-5-7-17(20)3;1-4-17-9-11-18(12-10-17)19-13-14-22(3)21(15-19)20-8-6-5-7-16(20)2;1-15-8-10-17(11-9-15)18-12-13-21(3)20(14-18)19-7-5-4-6-16(19)2/h7-18H,1-6H3;7-16H,5-6H2,1-4H3;5-14H,1-4H3;5-15H,4H2,1-3H3;4-14H,1-3H3/q5*+1/i;;;1D3;. The van der Waals surface area contributed by atoms with Crippen LogP contribution in [0.5, 0.6) is 0 Å². The van der Waals surface area contributed by atoms with E-state index >= 15 is 0 Å². The molecule has 0 aliphatic heterocycles. The maximum atomic E-state index is 7.38. The zero-order valence-corrected chi connectivity index (χ0v) is 71.5. The van der Waals surface area contributed by atoms with E-state index in [9.17, 15) is 0 Å². The van der Waals surface area contributed by atoms with Crippen LogP contribution in [0.1, 0.15) is 137 Å². The summed E-state index contributed by atoms with van der Waals surface area (Å²) in [5.41, 5.74) is 41.8. The Morgan fingerprint density at radius 2 is 0.557 bits per heavy atom. The Morgan fingerprint density at radius 3 is 0.878 bits per heavy atom. The summed E-state index contributed by atoms with van der Waals surface area (Å²) in [7, 11) is 10.5. The summed E-state index contributed by atoms with van der Waals surface area (Å²) in [6.45, 7) is 28.8. The molecule has 580 valence electrons. The van der Waals surface area contributed by atoms with Gasteiger partial charge in [0.2, 0.25) is 28.5 Å². The minimum absolute atomic E-state index is 0.103. The van der Waals surface area contributed by atoms with E-state index in [1.165, 1.54) is 162 Å².